The molecule has 37 heavy (non-hydrogen) atoms. The zero-order chi connectivity index (χ0) is 26.9. The normalized spacial score (nSPS) is 11.6. The molecule has 0 aliphatic heterocycles. The maximum Gasteiger partial charge on any atom is 0.373 e. The summed E-state index contributed by atoms with van der Waals surface area (Å²) in [5, 5.41) is 18.5. The van der Waals surface area contributed by atoms with Gasteiger partial charge in [0.1, 0.15) is 11.5 Å². The van der Waals surface area contributed by atoms with Crippen LogP contribution in [-0.4, -0.2) is 48.6 Å². The Balaban J connectivity index is 1.59. The Morgan fingerprint density at radius 3 is 1.35 bits per heavy atom. The Morgan fingerprint density at radius 2 is 1.00 bits per heavy atom. The molecule has 0 spiro atoms. The van der Waals surface area contributed by atoms with E-state index in [0.29, 0.717) is 26.1 Å². The summed E-state index contributed by atoms with van der Waals surface area (Å²) in [5.74, 6) is -0.709. The van der Waals surface area contributed by atoms with Gasteiger partial charge < -0.3 is 29.2 Å². The number of aryl methyl sites for hydroxylation is 2. The molecule has 0 atom stereocenters. The number of carbonyl (C=O) groups is 2. The van der Waals surface area contributed by atoms with Gasteiger partial charge in [0, 0.05) is 12.8 Å². The summed E-state index contributed by atoms with van der Waals surface area (Å²) in [7, 11) is 0. The first-order valence-corrected chi connectivity index (χ1v) is 12.4. The van der Waals surface area contributed by atoms with Crippen LogP contribution in [0.2, 0.25) is 0 Å². The van der Waals surface area contributed by atoms with Gasteiger partial charge in [0.2, 0.25) is 0 Å². The summed E-state index contributed by atoms with van der Waals surface area (Å²) in [4.78, 5) is 22.7. The summed E-state index contributed by atoms with van der Waals surface area (Å²) in [5.41, 5.74) is 2.46. The molecule has 0 aliphatic carbocycles. The molecular formula is C29H36O8. The number of ether oxygens (including phenoxy) is 4. The summed E-state index contributed by atoms with van der Waals surface area (Å²) in [6.07, 6.45) is 6.56. The Bertz CT molecular complexity index is 939. The van der Waals surface area contributed by atoms with Crippen molar-refractivity contribution in [3.63, 3.8) is 0 Å². The van der Waals surface area contributed by atoms with Gasteiger partial charge in [0.25, 0.3) is 0 Å². The van der Waals surface area contributed by atoms with Crippen LogP contribution < -0.4 is 9.47 Å². The predicted molar refractivity (Wildman–Crippen MR) is 140 cm³/mol. The van der Waals surface area contributed by atoms with Gasteiger partial charge in [0.05, 0.1) is 26.4 Å². The van der Waals surface area contributed by atoms with Crippen LogP contribution in [0.4, 0.5) is 0 Å². The van der Waals surface area contributed by atoms with Crippen LogP contribution in [0.1, 0.15) is 44.2 Å². The fourth-order valence-corrected chi connectivity index (χ4v) is 3.21. The Hall–Kier alpha value is -3.94. The number of esters is 2. The first-order valence-electron chi connectivity index (χ1n) is 12.4. The molecule has 0 saturated heterocycles. The number of carbonyl (C=O) groups excluding carboxylic acids is 2. The first kappa shape index (κ1) is 29.3. The lowest BCUT2D eigenvalue weighted by Crippen LogP contribution is -2.10. The van der Waals surface area contributed by atoms with Gasteiger partial charge in [-0.15, -0.1) is 0 Å². The van der Waals surface area contributed by atoms with Crippen molar-refractivity contribution in [2.45, 2.75) is 46.0 Å². The second-order valence-corrected chi connectivity index (χ2v) is 8.17. The SMILES string of the molecule is CC=C(O)C(=O)OCCCOc1ccc(CCCc2ccc(OCCCOC(=O)C(O)=CC)cc2)cc1. The third kappa shape index (κ3) is 11.6. The van der Waals surface area contributed by atoms with E-state index in [0.717, 1.165) is 30.8 Å². The molecule has 2 rings (SSSR count). The van der Waals surface area contributed by atoms with Crippen molar-refractivity contribution in [1.82, 2.24) is 0 Å². The molecule has 0 saturated carbocycles. The average molecular weight is 513 g/mol. The second kappa shape index (κ2) is 16.7. The quantitative estimate of drug-likeness (QED) is 0.133. The fourth-order valence-electron chi connectivity index (χ4n) is 3.21. The molecule has 0 bridgehead atoms. The Labute approximate surface area is 218 Å². The molecule has 2 aromatic carbocycles. The molecule has 0 amide bonds. The van der Waals surface area contributed by atoms with E-state index >= 15 is 0 Å². The average Bonchev–Trinajstić information content (AvgIpc) is 2.93. The van der Waals surface area contributed by atoms with E-state index in [4.69, 9.17) is 18.9 Å². The molecule has 2 aromatic rings. The van der Waals surface area contributed by atoms with Gasteiger partial charge in [-0.2, -0.15) is 0 Å². The minimum atomic E-state index is -0.726. The van der Waals surface area contributed by atoms with Crippen molar-refractivity contribution in [3.05, 3.63) is 83.3 Å². The van der Waals surface area contributed by atoms with Crippen molar-refractivity contribution in [1.29, 1.82) is 0 Å². The van der Waals surface area contributed by atoms with Crippen LogP contribution in [0.5, 0.6) is 11.5 Å². The van der Waals surface area contributed by atoms with E-state index in [1.54, 1.807) is 13.8 Å². The number of rotatable bonds is 16. The van der Waals surface area contributed by atoms with Crippen LogP contribution in [0.3, 0.4) is 0 Å². The molecule has 8 heteroatoms. The Kier molecular flexibility index (Phi) is 13.2. The third-order valence-corrected chi connectivity index (χ3v) is 5.32. The van der Waals surface area contributed by atoms with Crippen molar-refractivity contribution in [3.8, 4) is 11.5 Å². The largest absolute Gasteiger partial charge is 0.502 e. The van der Waals surface area contributed by atoms with E-state index in [-0.39, 0.29) is 24.7 Å². The smallest absolute Gasteiger partial charge is 0.373 e. The monoisotopic (exact) mass is 512 g/mol. The molecule has 2 N–H and O–H groups in total. The predicted octanol–water partition coefficient (Wildman–Crippen LogP) is 5.41. The van der Waals surface area contributed by atoms with Crippen molar-refractivity contribution in [2.24, 2.45) is 0 Å². The fraction of sp³-hybridized carbons (Fsp3) is 0.379. The first-order chi connectivity index (χ1) is 17.9. The van der Waals surface area contributed by atoms with Gasteiger partial charge in [-0.05, 0) is 80.7 Å². The summed E-state index contributed by atoms with van der Waals surface area (Å²) < 4.78 is 21.2. The zero-order valence-electron chi connectivity index (χ0n) is 21.5. The minimum Gasteiger partial charge on any atom is -0.502 e. The van der Waals surface area contributed by atoms with Crippen molar-refractivity contribution < 1.29 is 38.7 Å². The molecule has 0 aromatic heterocycles. The second-order valence-electron chi connectivity index (χ2n) is 8.17. The topological polar surface area (TPSA) is 112 Å². The van der Waals surface area contributed by atoms with Gasteiger partial charge >= 0.3 is 11.9 Å². The molecule has 0 aliphatic rings. The van der Waals surface area contributed by atoms with E-state index in [1.165, 1.54) is 23.3 Å². The van der Waals surface area contributed by atoms with Gasteiger partial charge in [-0.1, -0.05) is 24.3 Å². The molecular weight excluding hydrogens is 476 g/mol. The number of aliphatic hydroxyl groups is 2. The lowest BCUT2D eigenvalue weighted by atomic mass is 10.0. The lowest BCUT2D eigenvalue weighted by molar-refractivity contribution is -0.143. The van der Waals surface area contributed by atoms with E-state index in [2.05, 4.69) is 0 Å². The van der Waals surface area contributed by atoms with E-state index < -0.39 is 11.9 Å². The highest BCUT2D eigenvalue weighted by molar-refractivity contribution is 5.85. The summed E-state index contributed by atoms with van der Waals surface area (Å²) in [6.45, 7) is 4.32. The minimum absolute atomic E-state index is 0.183. The standard InChI is InChI=1S/C29H36O8/c1-3-26(30)28(32)36-20-6-18-34-24-14-10-22(11-15-24)8-5-9-23-12-16-25(17-13-23)35-19-7-21-37-29(33)27(31)4-2/h3-4,10-17,30-31H,5-9,18-21H2,1-2H3. The number of benzene rings is 2. The van der Waals surface area contributed by atoms with Crippen LogP contribution >= 0.6 is 0 Å². The maximum absolute atomic E-state index is 11.3. The van der Waals surface area contributed by atoms with Gasteiger partial charge in [-0.25, -0.2) is 9.59 Å². The highest BCUT2D eigenvalue weighted by atomic mass is 16.6. The van der Waals surface area contributed by atoms with Crippen LogP contribution in [0, 0.1) is 0 Å². The van der Waals surface area contributed by atoms with Crippen molar-refractivity contribution >= 4 is 11.9 Å². The molecule has 8 nitrogen and oxygen atoms in total. The molecule has 0 unspecified atom stereocenters. The molecule has 0 heterocycles. The van der Waals surface area contributed by atoms with Gasteiger partial charge in [-0.3, -0.25) is 0 Å². The van der Waals surface area contributed by atoms with E-state index in [1.807, 2.05) is 48.5 Å². The van der Waals surface area contributed by atoms with Gasteiger partial charge in [0.15, 0.2) is 11.5 Å². The molecule has 200 valence electrons. The molecule has 0 fully saturated rings. The number of hydrogen-bond donors (Lipinski definition) is 2. The summed E-state index contributed by atoms with van der Waals surface area (Å²) in [6, 6.07) is 15.9. The van der Waals surface area contributed by atoms with Crippen LogP contribution in [0.15, 0.2) is 72.2 Å². The molecule has 0 radical (unpaired) electrons. The maximum atomic E-state index is 11.3. The number of aliphatic hydroxyl groups excluding tert-OH is 2. The Morgan fingerprint density at radius 1 is 0.622 bits per heavy atom. The number of hydrogen-bond acceptors (Lipinski definition) is 8. The highest BCUT2D eigenvalue weighted by Gasteiger charge is 2.08. The third-order valence-electron chi connectivity index (χ3n) is 5.32. The van der Waals surface area contributed by atoms with Crippen LogP contribution in [-0.2, 0) is 31.9 Å². The van der Waals surface area contributed by atoms with E-state index in [9.17, 15) is 19.8 Å². The number of allylic oxidation sites excluding steroid dienone is 2. The van der Waals surface area contributed by atoms with Crippen LogP contribution in [0.25, 0.3) is 0 Å². The highest BCUT2D eigenvalue weighted by Crippen LogP contribution is 2.17. The lowest BCUT2D eigenvalue weighted by Gasteiger charge is -2.09. The van der Waals surface area contributed by atoms with Crippen molar-refractivity contribution in [2.75, 3.05) is 26.4 Å². The summed E-state index contributed by atoms with van der Waals surface area (Å²) >= 11 is 0. The zero-order valence-corrected chi connectivity index (χ0v) is 21.5.